The fourth-order valence-corrected chi connectivity index (χ4v) is 6.39. The van der Waals surface area contributed by atoms with Crippen LogP contribution in [-0.4, -0.2) is 55.0 Å². The molecule has 0 aromatic heterocycles. The van der Waals surface area contributed by atoms with Gasteiger partial charge in [0.1, 0.15) is 23.9 Å². The number of hydrogen-bond acceptors (Lipinski definition) is 5. The number of hydrogen-bond donors (Lipinski definition) is 4. The molecule has 1 aliphatic carbocycles. The molecule has 1 aliphatic heterocycles. The van der Waals surface area contributed by atoms with Gasteiger partial charge in [-0.05, 0) is 59.9 Å². The van der Waals surface area contributed by atoms with Gasteiger partial charge in [-0.1, -0.05) is 88.9 Å². The largest absolute Gasteiger partial charge is 0.492 e. The molecule has 2 aromatic carbocycles. The van der Waals surface area contributed by atoms with E-state index >= 15 is 0 Å². The molecule has 1 spiro atoms. The van der Waals surface area contributed by atoms with Gasteiger partial charge in [0.2, 0.25) is 17.7 Å². The SMILES string of the molecule is CC[C@H](C)[C@@H]1NCCOc2ccccc2C(C)(C)CCNC(=O)[C@H](Cc2cccc(Cl)c2)NC(=O)C2(CCCC2)NC1=O. The molecule has 2 aromatic rings. The molecule has 2 aliphatic rings. The molecule has 4 N–H and O–H groups in total. The Kier molecular flexibility index (Phi) is 11.1. The fourth-order valence-electron chi connectivity index (χ4n) is 6.18. The lowest BCUT2D eigenvalue weighted by Crippen LogP contribution is -2.64. The van der Waals surface area contributed by atoms with Crippen molar-refractivity contribution in [3.05, 3.63) is 64.7 Å². The molecular formula is C34H47ClN4O4. The fraction of sp³-hybridized carbons (Fsp3) is 0.559. The molecular weight excluding hydrogens is 564 g/mol. The molecule has 9 heteroatoms. The standard InChI is InChI=1S/C34H47ClN4O4/c1-5-23(2)29-31(41)39-34(15-8-9-16-34)32(42)38-27(22-24-11-10-12-25(35)21-24)30(40)37-18-17-33(3,4)26-13-6-7-14-28(26)43-20-19-36-29/h6-7,10-14,21,23,27,29,36H,5,8-9,15-20,22H2,1-4H3,(H,37,40)(H,38,42)(H,39,41)/t23-,27-,29-/m0/s1. The van der Waals surface area contributed by atoms with Crippen LogP contribution in [0.1, 0.15) is 77.3 Å². The lowest BCUT2D eigenvalue weighted by atomic mass is 9.81. The average molecular weight is 611 g/mol. The number of ether oxygens (including phenoxy) is 1. The van der Waals surface area contributed by atoms with Crippen LogP contribution >= 0.6 is 11.6 Å². The lowest BCUT2D eigenvalue weighted by molar-refractivity contribution is -0.137. The van der Waals surface area contributed by atoms with E-state index in [0.29, 0.717) is 44.0 Å². The van der Waals surface area contributed by atoms with Gasteiger partial charge >= 0.3 is 0 Å². The molecule has 4 rings (SSSR count). The van der Waals surface area contributed by atoms with Crippen LogP contribution in [0.15, 0.2) is 48.5 Å². The Morgan fingerprint density at radius 3 is 2.44 bits per heavy atom. The summed E-state index contributed by atoms with van der Waals surface area (Å²) in [5.41, 5.74) is 0.530. The first-order chi connectivity index (χ1) is 20.5. The first-order valence-electron chi connectivity index (χ1n) is 15.7. The maximum atomic E-state index is 14.0. The predicted molar refractivity (Wildman–Crippen MR) is 170 cm³/mol. The van der Waals surface area contributed by atoms with Gasteiger partial charge in [0, 0.05) is 24.5 Å². The van der Waals surface area contributed by atoms with E-state index in [1.165, 1.54) is 0 Å². The molecule has 3 amide bonds. The van der Waals surface area contributed by atoms with Crippen molar-refractivity contribution < 1.29 is 19.1 Å². The smallest absolute Gasteiger partial charge is 0.246 e. The second kappa shape index (κ2) is 14.6. The number of amides is 3. The zero-order valence-electron chi connectivity index (χ0n) is 25.9. The average Bonchev–Trinajstić information content (AvgIpc) is 3.45. The summed E-state index contributed by atoms with van der Waals surface area (Å²) in [4.78, 5) is 41.5. The van der Waals surface area contributed by atoms with Gasteiger partial charge in [0.25, 0.3) is 0 Å². The summed E-state index contributed by atoms with van der Waals surface area (Å²) in [6.07, 6.45) is 4.44. The monoisotopic (exact) mass is 610 g/mol. The molecule has 234 valence electrons. The molecule has 1 saturated carbocycles. The van der Waals surface area contributed by atoms with Crippen LogP contribution < -0.4 is 26.0 Å². The summed E-state index contributed by atoms with van der Waals surface area (Å²) in [5, 5.41) is 13.2. The maximum Gasteiger partial charge on any atom is 0.246 e. The number of carbonyl (C=O) groups excluding carboxylic acids is 3. The zero-order valence-corrected chi connectivity index (χ0v) is 26.7. The Morgan fingerprint density at radius 2 is 1.72 bits per heavy atom. The van der Waals surface area contributed by atoms with Crippen LogP contribution in [0.5, 0.6) is 5.75 Å². The Morgan fingerprint density at radius 1 is 0.977 bits per heavy atom. The number of rotatable bonds is 4. The molecule has 0 radical (unpaired) electrons. The predicted octanol–water partition coefficient (Wildman–Crippen LogP) is 4.68. The van der Waals surface area contributed by atoms with Gasteiger partial charge < -0.3 is 26.0 Å². The van der Waals surface area contributed by atoms with E-state index in [-0.39, 0.29) is 35.5 Å². The van der Waals surface area contributed by atoms with Crippen molar-refractivity contribution in [2.45, 2.75) is 95.7 Å². The number of benzene rings is 2. The first-order valence-corrected chi connectivity index (χ1v) is 16.0. The van der Waals surface area contributed by atoms with Crippen LogP contribution in [0.3, 0.4) is 0 Å². The molecule has 3 atom stereocenters. The van der Waals surface area contributed by atoms with Crippen LogP contribution in [0, 0.1) is 5.92 Å². The minimum atomic E-state index is -1.07. The van der Waals surface area contributed by atoms with Gasteiger partial charge in [-0.3, -0.25) is 14.4 Å². The number of carbonyl (C=O) groups is 3. The molecule has 1 heterocycles. The number of nitrogens with one attached hydrogen (secondary N) is 4. The molecule has 0 saturated heterocycles. The minimum absolute atomic E-state index is 0.0414. The minimum Gasteiger partial charge on any atom is -0.492 e. The Balaban J connectivity index is 1.67. The normalized spacial score (nSPS) is 24.0. The Bertz CT molecular complexity index is 1280. The molecule has 1 fully saturated rings. The van der Waals surface area contributed by atoms with Crippen molar-refractivity contribution >= 4 is 29.3 Å². The van der Waals surface area contributed by atoms with Gasteiger partial charge in [0.05, 0.1) is 6.04 Å². The van der Waals surface area contributed by atoms with Crippen molar-refractivity contribution in [3.63, 3.8) is 0 Å². The summed E-state index contributed by atoms with van der Waals surface area (Å²) < 4.78 is 6.23. The zero-order chi connectivity index (χ0) is 31.0. The summed E-state index contributed by atoms with van der Waals surface area (Å²) in [5.74, 6) is 0.0439. The van der Waals surface area contributed by atoms with E-state index in [1.807, 2.05) is 43.3 Å². The topological polar surface area (TPSA) is 109 Å². The Labute approximate surface area is 261 Å². The molecule has 0 bridgehead atoms. The van der Waals surface area contributed by atoms with Crippen LogP contribution in [0.25, 0.3) is 0 Å². The van der Waals surface area contributed by atoms with Crippen molar-refractivity contribution in [3.8, 4) is 5.75 Å². The molecule has 0 unspecified atom stereocenters. The quantitative estimate of drug-likeness (QED) is 0.402. The van der Waals surface area contributed by atoms with Gasteiger partial charge in [-0.2, -0.15) is 0 Å². The van der Waals surface area contributed by atoms with Gasteiger partial charge in [-0.15, -0.1) is 0 Å². The van der Waals surface area contributed by atoms with E-state index in [2.05, 4.69) is 48.1 Å². The second-order valence-corrected chi connectivity index (χ2v) is 13.2. The van der Waals surface area contributed by atoms with E-state index in [9.17, 15) is 14.4 Å². The Hall–Kier alpha value is -3.10. The highest BCUT2D eigenvalue weighted by atomic mass is 35.5. The van der Waals surface area contributed by atoms with Gasteiger partial charge in [-0.25, -0.2) is 0 Å². The summed E-state index contributed by atoms with van der Waals surface area (Å²) in [6.45, 7) is 9.65. The summed E-state index contributed by atoms with van der Waals surface area (Å²) in [7, 11) is 0. The van der Waals surface area contributed by atoms with Crippen molar-refractivity contribution in [2.24, 2.45) is 5.92 Å². The third kappa shape index (κ3) is 8.30. The highest BCUT2D eigenvalue weighted by Gasteiger charge is 2.45. The highest BCUT2D eigenvalue weighted by molar-refractivity contribution is 6.30. The second-order valence-electron chi connectivity index (χ2n) is 12.7. The number of halogens is 1. The molecule has 8 nitrogen and oxygen atoms in total. The number of para-hydroxylation sites is 1. The van der Waals surface area contributed by atoms with Crippen LogP contribution in [0.2, 0.25) is 5.02 Å². The highest BCUT2D eigenvalue weighted by Crippen LogP contribution is 2.34. The van der Waals surface area contributed by atoms with E-state index in [1.54, 1.807) is 6.07 Å². The first kappa shape index (κ1) is 32.8. The van der Waals surface area contributed by atoms with Crippen molar-refractivity contribution in [1.29, 1.82) is 0 Å². The summed E-state index contributed by atoms with van der Waals surface area (Å²) >= 11 is 6.25. The third-order valence-electron chi connectivity index (χ3n) is 9.09. The number of fused-ring (bicyclic) bond motifs is 1. The maximum absolute atomic E-state index is 14.0. The van der Waals surface area contributed by atoms with E-state index in [4.69, 9.17) is 16.3 Å². The summed E-state index contributed by atoms with van der Waals surface area (Å²) in [6, 6.07) is 14.0. The van der Waals surface area contributed by atoms with E-state index in [0.717, 1.165) is 36.1 Å². The van der Waals surface area contributed by atoms with Crippen LogP contribution in [0.4, 0.5) is 0 Å². The van der Waals surface area contributed by atoms with Crippen molar-refractivity contribution in [1.82, 2.24) is 21.3 Å². The molecule has 43 heavy (non-hydrogen) atoms. The lowest BCUT2D eigenvalue weighted by Gasteiger charge is -2.34. The van der Waals surface area contributed by atoms with Gasteiger partial charge in [0.15, 0.2) is 0 Å². The van der Waals surface area contributed by atoms with E-state index < -0.39 is 17.6 Å². The van der Waals surface area contributed by atoms with Crippen LogP contribution in [-0.2, 0) is 26.2 Å². The third-order valence-corrected chi connectivity index (χ3v) is 9.32. The van der Waals surface area contributed by atoms with Crippen molar-refractivity contribution in [2.75, 3.05) is 19.7 Å².